The maximum Gasteiger partial charge on any atom is 0.313 e. The monoisotopic (exact) mass is 317 g/mol. The van der Waals surface area contributed by atoms with E-state index in [0.29, 0.717) is 11.3 Å². The summed E-state index contributed by atoms with van der Waals surface area (Å²) < 4.78 is 1.60. The predicted octanol–water partition coefficient (Wildman–Crippen LogP) is 1.20. The Morgan fingerprint density at radius 1 is 1.36 bits per heavy atom. The van der Waals surface area contributed by atoms with Crippen LogP contribution >= 0.6 is 11.6 Å². The summed E-state index contributed by atoms with van der Waals surface area (Å²) in [7, 11) is 1.74. The zero-order valence-corrected chi connectivity index (χ0v) is 12.4. The minimum atomic E-state index is -0.817. The molecule has 7 nitrogen and oxygen atoms in total. The van der Waals surface area contributed by atoms with Crippen LogP contribution in [-0.4, -0.2) is 21.6 Å². The predicted molar refractivity (Wildman–Crippen MR) is 79.9 cm³/mol. The number of aryl methyl sites for hydroxylation is 1. The van der Waals surface area contributed by atoms with Crippen LogP contribution in [0.2, 0.25) is 5.02 Å². The summed E-state index contributed by atoms with van der Waals surface area (Å²) in [4.78, 5) is 23.5. The summed E-state index contributed by atoms with van der Waals surface area (Å²) in [5.74, 6) is -1.59. The fourth-order valence-corrected chi connectivity index (χ4v) is 1.92. The summed E-state index contributed by atoms with van der Waals surface area (Å²) in [5.41, 5.74) is 1.40. The number of hydrogen-bond acceptors (Lipinski definition) is 4. The lowest BCUT2D eigenvalue weighted by Gasteiger charge is -2.07. The summed E-state index contributed by atoms with van der Waals surface area (Å²) >= 11 is 5.85. The Morgan fingerprint density at radius 2 is 2.14 bits per heavy atom. The van der Waals surface area contributed by atoms with Crippen molar-refractivity contribution < 1.29 is 9.59 Å². The molecule has 0 unspecified atom stereocenters. The molecule has 0 radical (unpaired) electrons. The molecule has 0 aliphatic heterocycles. The number of anilines is 1. The third kappa shape index (κ3) is 3.62. The van der Waals surface area contributed by atoms with E-state index in [-0.39, 0.29) is 11.6 Å². The number of rotatable bonds is 3. The van der Waals surface area contributed by atoms with Crippen LogP contribution in [0.25, 0.3) is 0 Å². The van der Waals surface area contributed by atoms with Crippen molar-refractivity contribution in [3.8, 4) is 6.07 Å². The van der Waals surface area contributed by atoms with Crippen molar-refractivity contribution in [1.29, 1.82) is 5.26 Å². The largest absolute Gasteiger partial charge is 0.342 e. The molecule has 0 atom stereocenters. The normalized spacial score (nSPS) is 9.86. The van der Waals surface area contributed by atoms with Gasteiger partial charge in [0.1, 0.15) is 6.07 Å². The molecule has 0 saturated carbocycles. The van der Waals surface area contributed by atoms with Crippen LogP contribution in [0.3, 0.4) is 0 Å². The van der Waals surface area contributed by atoms with Gasteiger partial charge in [-0.2, -0.15) is 10.4 Å². The Morgan fingerprint density at radius 3 is 2.73 bits per heavy atom. The van der Waals surface area contributed by atoms with Crippen molar-refractivity contribution in [2.75, 3.05) is 5.32 Å². The zero-order chi connectivity index (χ0) is 16.1. The second-order valence-electron chi connectivity index (χ2n) is 4.39. The molecule has 0 saturated heterocycles. The molecular weight excluding hydrogens is 306 g/mol. The second kappa shape index (κ2) is 6.74. The van der Waals surface area contributed by atoms with E-state index < -0.39 is 11.8 Å². The van der Waals surface area contributed by atoms with Gasteiger partial charge < -0.3 is 10.6 Å². The van der Waals surface area contributed by atoms with Gasteiger partial charge in [0.15, 0.2) is 0 Å². The van der Waals surface area contributed by atoms with Gasteiger partial charge in [-0.1, -0.05) is 11.6 Å². The lowest BCUT2D eigenvalue weighted by Crippen LogP contribution is -2.35. The number of hydrogen-bond donors (Lipinski definition) is 2. The van der Waals surface area contributed by atoms with Gasteiger partial charge in [-0.15, -0.1) is 0 Å². The molecule has 0 bridgehead atoms. The highest BCUT2D eigenvalue weighted by Crippen LogP contribution is 2.20. The molecule has 8 heteroatoms. The first-order chi connectivity index (χ1) is 10.5. The second-order valence-corrected chi connectivity index (χ2v) is 4.80. The first kappa shape index (κ1) is 15.5. The minimum absolute atomic E-state index is 0.191. The molecule has 2 aromatic rings. The highest BCUT2D eigenvalue weighted by Gasteiger charge is 2.14. The lowest BCUT2D eigenvalue weighted by atomic mass is 10.2. The van der Waals surface area contributed by atoms with Gasteiger partial charge in [0.05, 0.1) is 22.8 Å². The van der Waals surface area contributed by atoms with Crippen LogP contribution in [0, 0.1) is 11.3 Å². The van der Waals surface area contributed by atoms with E-state index in [9.17, 15) is 9.59 Å². The number of nitrogens with zero attached hydrogens (tertiary/aromatic N) is 3. The third-order valence-electron chi connectivity index (χ3n) is 2.91. The van der Waals surface area contributed by atoms with Crippen molar-refractivity contribution in [2.45, 2.75) is 6.54 Å². The molecular formula is C14H12ClN5O2. The number of amides is 2. The Bertz CT molecular complexity index is 763. The zero-order valence-electron chi connectivity index (χ0n) is 11.6. The van der Waals surface area contributed by atoms with Crippen LogP contribution < -0.4 is 10.6 Å². The van der Waals surface area contributed by atoms with Crippen LogP contribution in [0.5, 0.6) is 0 Å². The average molecular weight is 318 g/mol. The number of benzene rings is 1. The van der Waals surface area contributed by atoms with Crippen LogP contribution in [0.4, 0.5) is 5.69 Å². The minimum Gasteiger partial charge on any atom is -0.342 e. The van der Waals surface area contributed by atoms with Crippen molar-refractivity contribution in [3.05, 3.63) is 46.7 Å². The molecule has 1 heterocycles. The van der Waals surface area contributed by atoms with Gasteiger partial charge in [0.25, 0.3) is 0 Å². The van der Waals surface area contributed by atoms with Crippen molar-refractivity contribution in [2.24, 2.45) is 7.05 Å². The summed E-state index contributed by atoms with van der Waals surface area (Å²) in [6.45, 7) is 0.191. The number of aromatic nitrogens is 2. The number of halogens is 1. The standard InChI is InChI=1S/C14H12ClN5O2/c1-20-11(4-5-18-20)8-17-13(21)14(22)19-10-3-2-9(7-16)12(15)6-10/h2-6H,8H2,1H3,(H,17,21)(H,19,22). The summed E-state index contributed by atoms with van der Waals surface area (Å²) in [6.07, 6.45) is 1.60. The number of nitrogens with one attached hydrogen (secondary N) is 2. The first-order valence-corrected chi connectivity index (χ1v) is 6.64. The average Bonchev–Trinajstić information content (AvgIpc) is 2.90. The van der Waals surface area contributed by atoms with E-state index >= 15 is 0 Å². The molecule has 22 heavy (non-hydrogen) atoms. The van der Waals surface area contributed by atoms with E-state index in [4.69, 9.17) is 16.9 Å². The quantitative estimate of drug-likeness (QED) is 0.831. The molecule has 0 fully saturated rings. The Balaban J connectivity index is 1.94. The van der Waals surface area contributed by atoms with Crippen molar-refractivity contribution in [1.82, 2.24) is 15.1 Å². The Hall–Kier alpha value is -2.85. The maximum atomic E-state index is 11.8. The number of carbonyl (C=O) groups is 2. The molecule has 0 spiro atoms. The molecule has 2 amide bonds. The molecule has 2 rings (SSSR count). The molecule has 2 N–H and O–H groups in total. The molecule has 1 aromatic carbocycles. The van der Waals surface area contributed by atoms with Gasteiger partial charge in [0.2, 0.25) is 0 Å². The molecule has 0 aliphatic carbocycles. The SMILES string of the molecule is Cn1nccc1CNC(=O)C(=O)Nc1ccc(C#N)c(Cl)c1. The van der Waals surface area contributed by atoms with E-state index in [1.54, 1.807) is 24.0 Å². The topological polar surface area (TPSA) is 99.8 Å². The van der Waals surface area contributed by atoms with E-state index in [0.717, 1.165) is 5.69 Å². The van der Waals surface area contributed by atoms with Crippen LogP contribution in [0.1, 0.15) is 11.3 Å². The van der Waals surface area contributed by atoms with Gasteiger partial charge in [-0.3, -0.25) is 14.3 Å². The van der Waals surface area contributed by atoms with E-state index in [2.05, 4.69) is 15.7 Å². The Labute approximate surface area is 131 Å². The highest BCUT2D eigenvalue weighted by atomic mass is 35.5. The molecule has 112 valence electrons. The molecule has 0 aliphatic rings. The third-order valence-corrected chi connectivity index (χ3v) is 3.22. The first-order valence-electron chi connectivity index (χ1n) is 6.27. The fourth-order valence-electron chi connectivity index (χ4n) is 1.70. The number of nitriles is 1. The Kier molecular flexibility index (Phi) is 4.76. The number of carbonyl (C=O) groups excluding carboxylic acids is 2. The van der Waals surface area contributed by atoms with Crippen LogP contribution in [0.15, 0.2) is 30.5 Å². The summed E-state index contributed by atoms with van der Waals surface area (Å²) in [6, 6.07) is 8.01. The van der Waals surface area contributed by atoms with Gasteiger partial charge >= 0.3 is 11.8 Å². The molecule has 1 aromatic heterocycles. The smallest absolute Gasteiger partial charge is 0.313 e. The van der Waals surface area contributed by atoms with E-state index in [1.165, 1.54) is 18.2 Å². The fraction of sp³-hybridized carbons (Fsp3) is 0.143. The van der Waals surface area contributed by atoms with Gasteiger partial charge in [0, 0.05) is 18.9 Å². The van der Waals surface area contributed by atoms with Gasteiger partial charge in [-0.25, -0.2) is 0 Å². The van der Waals surface area contributed by atoms with Crippen molar-refractivity contribution >= 4 is 29.1 Å². The van der Waals surface area contributed by atoms with Gasteiger partial charge in [-0.05, 0) is 24.3 Å². The van der Waals surface area contributed by atoms with Crippen molar-refractivity contribution in [3.63, 3.8) is 0 Å². The van der Waals surface area contributed by atoms with Crippen LogP contribution in [-0.2, 0) is 23.2 Å². The maximum absolute atomic E-state index is 11.8. The van der Waals surface area contributed by atoms with E-state index in [1.807, 2.05) is 6.07 Å². The summed E-state index contributed by atoms with van der Waals surface area (Å²) in [5, 5.41) is 17.8. The highest BCUT2D eigenvalue weighted by molar-refractivity contribution is 6.39. The lowest BCUT2D eigenvalue weighted by molar-refractivity contribution is -0.136.